The number of halogens is 3. The number of benzene rings is 2. The predicted octanol–water partition coefficient (Wildman–Crippen LogP) is 1.43. The topological polar surface area (TPSA) is 233 Å². The summed E-state index contributed by atoms with van der Waals surface area (Å²) in [5, 5.41) is 12.1. The van der Waals surface area contributed by atoms with Crippen molar-refractivity contribution in [3.05, 3.63) is 70.1 Å². The number of carbonyl (C=O) groups is 2. The van der Waals surface area contributed by atoms with Crippen LogP contribution in [0.15, 0.2) is 63.4 Å². The second-order valence-electron chi connectivity index (χ2n) is 8.12. The fourth-order valence-electron chi connectivity index (χ4n) is 3.36. The SMILES string of the molecule is Cc1cc(C(CCON=C(N)N)C(N)=O)c(NS(=O)(=O)c2ccc3ccccc3c2)c(=O)[nH]1.O=C(O)C(F)(F)F. The number of fused-ring (bicyclic) bond motifs is 1. The van der Waals surface area contributed by atoms with Crippen LogP contribution in [-0.4, -0.2) is 49.1 Å². The summed E-state index contributed by atoms with van der Waals surface area (Å²) in [5.74, 6) is -4.89. The van der Waals surface area contributed by atoms with Crippen LogP contribution >= 0.6 is 0 Å². The van der Waals surface area contributed by atoms with E-state index in [0.717, 1.165) is 5.39 Å². The number of carboxylic acid groups (broad SMARTS) is 1. The zero-order valence-corrected chi connectivity index (χ0v) is 21.5. The number of sulfonamides is 1. The van der Waals surface area contributed by atoms with Gasteiger partial charge >= 0.3 is 12.1 Å². The number of aliphatic carboxylic acids is 1. The van der Waals surface area contributed by atoms with Crippen LogP contribution in [0.4, 0.5) is 18.9 Å². The van der Waals surface area contributed by atoms with E-state index in [1.54, 1.807) is 25.1 Å². The molecule has 3 aromatic rings. The van der Waals surface area contributed by atoms with Crippen molar-refractivity contribution in [2.24, 2.45) is 22.4 Å². The fraction of sp³-hybridized carbons (Fsp3) is 0.217. The zero-order valence-electron chi connectivity index (χ0n) is 20.7. The highest BCUT2D eigenvalue weighted by Crippen LogP contribution is 2.28. The summed E-state index contributed by atoms with van der Waals surface area (Å²) in [6.45, 7) is 1.49. The quantitative estimate of drug-likeness (QED) is 0.0920. The lowest BCUT2D eigenvalue weighted by atomic mass is 9.94. The highest BCUT2D eigenvalue weighted by molar-refractivity contribution is 7.92. The third-order valence-electron chi connectivity index (χ3n) is 5.10. The molecule has 1 aromatic heterocycles. The van der Waals surface area contributed by atoms with Crippen molar-refractivity contribution in [1.82, 2.24) is 4.98 Å². The second-order valence-corrected chi connectivity index (χ2v) is 9.80. The van der Waals surface area contributed by atoms with Gasteiger partial charge in [0.1, 0.15) is 12.3 Å². The molecule has 0 spiro atoms. The normalized spacial score (nSPS) is 12.0. The van der Waals surface area contributed by atoms with Gasteiger partial charge in [0.15, 0.2) is 0 Å². The first-order valence-corrected chi connectivity index (χ1v) is 12.6. The molecule has 216 valence electrons. The third-order valence-corrected chi connectivity index (χ3v) is 6.44. The Morgan fingerprint density at radius 2 is 1.70 bits per heavy atom. The number of hydrogen-bond acceptors (Lipinski definition) is 7. The molecule has 1 atom stereocenters. The molecule has 0 radical (unpaired) electrons. The molecule has 0 fully saturated rings. The molecule has 0 aliphatic rings. The van der Waals surface area contributed by atoms with Gasteiger partial charge in [0.25, 0.3) is 15.6 Å². The smallest absolute Gasteiger partial charge is 0.475 e. The number of aromatic amines is 1. The van der Waals surface area contributed by atoms with Gasteiger partial charge < -0.3 is 32.1 Å². The van der Waals surface area contributed by atoms with Crippen LogP contribution in [0.5, 0.6) is 0 Å². The lowest BCUT2D eigenvalue weighted by Gasteiger charge is -2.18. The van der Waals surface area contributed by atoms with Gasteiger partial charge in [-0.25, -0.2) is 13.2 Å². The largest absolute Gasteiger partial charge is 0.490 e. The number of anilines is 1. The van der Waals surface area contributed by atoms with Crippen molar-refractivity contribution in [3.63, 3.8) is 0 Å². The molecule has 0 saturated heterocycles. The van der Waals surface area contributed by atoms with Gasteiger partial charge in [-0.05, 0) is 53.0 Å². The predicted molar refractivity (Wildman–Crippen MR) is 139 cm³/mol. The average Bonchev–Trinajstić information content (AvgIpc) is 2.84. The zero-order chi connectivity index (χ0) is 30.3. The van der Waals surface area contributed by atoms with E-state index >= 15 is 0 Å². The lowest BCUT2D eigenvalue weighted by Crippen LogP contribution is -2.29. The Morgan fingerprint density at radius 3 is 2.25 bits per heavy atom. The van der Waals surface area contributed by atoms with Crippen LogP contribution in [0, 0.1) is 6.92 Å². The summed E-state index contributed by atoms with van der Waals surface area (Å²) in [7, 11) is -4.17. The number of pyridine rings is 1. The van der Waals surface area contributed by atoms with Gasteiger partial charge in [-0.1, -0.05) is 30.3 Å². The van der Waals surface area contributed by atoms with Crippen LogP contribution in [0.2, 0.25) is 0 Å². The number of aromatic nitrogens is 1. The molecule has 0 bridgehead atoms. The number of H-pyrrole nitrogens is 1. The first-order valence-electron chi connectivity index (χ1n) is 11.1. The Hall–Kier alpha value is -4.80. The summed E-state index contributed by atoms with van der Waals surface area (Å²) in [4.78, 5) is 41.2. The molecule has 0 aliphatic carbocycles. The summed E-state index contributed by atoms with van der Waals surface area (Å²) in [5.41, 5.74) is 15.4. The number of carbonyl (C=O) groups excluding carboxylic acids is 1. The number of carboxylic acids is 1. The van der Waals surface area contributed by atoms with Crippen LogP contribution < -0.4 is 27.5 Å². The van der Waals surface area contributed by atoms with Crippen molar-refractivity contribution in [2.45, 2.75) is 30.3 Å². The van der Waals surface area contributed by atoms with E-state index in [4.69, 9.17) is 31.9 Å². The fourth-order valence-corrected chi connectivity index (χ4v) is 4.49. The number of rotatable bonds is 9. The third kappa shape index (κ3) is 8.62. The molecule has 1 amide bonds. The van der Waals surface area contributed by atoms with E-state index in [1.807, 2.05) is 12.1 Å². The first-order chi connectivity index (χ1) is 18.5. The Bertz CT molecular complexity index is 1590. The molecule has 0 aliphatic heterocycles. The van der Waals surface area contributed by atoms with Crippen molar-refractivity contribution < 1.29 is 41.1 Å². The summed E-state index contributed by atoms with van der Waals surface area (Å²) in [6, 6.07) is 13.3. The number of oxime groups is 1. The number of aryl methyl sites for hydroxylation is 1. The standard InChI is InChI=1S/C21H24N6O5S.C2HF3O2/c1-12-10-17(16(19(22)28)8-9-32-26-21(23)24)18(20(29)25-12)27-33(30,31)15-7-6-13-4-2-3-5-14(13)11-15;3-2(4,5)1(6)7/h2-7,10-11,16,27H,8-9H2,1H3,(H2,22,28)(H,25,29)(H4,23,24,26);(H,6,7). The van der Waals surface area contributed by atoms with Gasteiger partial charge in [-0.2, -0.15) is 13.2 Å². The molecule has 9 N–H and O–H groups in total. The summed E-state index contributed by atoms with van der Waals surface area (Å²) in [6.07, 6.45) is -5.08. The van der Waals surface area contributed by atoms with Gasteiger partial charge in [-0.3, -0.25) is 14.3 Å². The Labute approximate surface area is 224 Å². The van der Waals surface area contributed by atoms with E-state index < -0.39 is 39.6 Å². The highest BCUT2D eigenvalue weighted by Gasteiger charge is 2.38. The molecule has 1 unspecified atom stereocenters. The Kier molecular flexibility index (Phi) is 10.1. The van der Waals surface area contributed by atoms with Crippen LogP contribution in [-0.2, 0) is 24.4 Å². The second kappa shape index (κ2) is 12.8. The van der Waals surface area contributed by atoms with E-state index in [9.17, 15) is 31.2 Å². The molecule has 40 heavy (non-hydrogen) atoms. The van der Waals surface area contributed by atoms with E-state index in [1.165, 1.54) is 18.2 Å². The molecule has 1 heterocycles. The summed E-state index contributed by atoms with van der Waals surface area (Å²) < 4.78 is 60.3. The minimum Gasteiger partial charge on any atom is -0.475 e. The maximum atomic E-state index is 13.1. The maximum Gasteiger partial charge on any atom is 0.490 e. The van der Waals surface area contributed by atoms with Crippen molar-refractivity contribution >= 4 is 44.3 Å². The van der Waals surface area contributed by atoms with Crippen molar-refractivity contribution in [1.29, 1.82) is 0 Å². The van der Waals surface area contributed by atoms with E-state index in [0.29, 0.717) is 11.1 Å². The van der Waals surface area contributed by atoms with Gasteiger partial charge in [-0.15, -0.1) is 0 Å². The van der Waals surface area contributed by atoms with Crippen molar-refractivity contribution in [2.75, 3.05) is 11.3 Å². The first kappa shape index (κ1) is 31.4. The van der Waals surface area contributed by atoms with Gasteiger partial charge in [0, 0.05) is 5.69 Å². The summed E-state index contributed by atoms with van der Waals surface area (Å²) >= 11 is 0. The van der Waals surface area contributed by atoms with Crippen LogP contribution in [0.25, 0.3) is 10.8 Å². The van der Waals surface area contributed by atoms with E-state index in [-0.39, 0.29) is 35.1 Å². The number of hydrogen-bond donors (Lipinski definition) is 6. The monoisotopic (exact) mass is 586 g/mol. The number of primary amides is 1. The number of alkyl halides is 3. The molecule has 0 saturated carbocycles. The Morgan fingerprint density at radius 1 is 1.10 bits per heavy atom. The maximum absolute atomic E-state index is 13.1. The van der Waals surface area contributed by atoms with Crippen LogP contribution in [0.3, 0.4) is 0 Å². The molecular weight excluding hydrogens is 561 g/mol. The lowest BCUT2D eigenvalue weighted by molar-refractivity contribution is -0.192. The number of amides is 1. The van der Waals surface area contributed by atoms with Gasteiger partial charge in [0.2, 0.25) is 11.9 Å². The molecule has 2 aromatic carbocycles. The molecule has 17 heteroatoms. The average molecular weight is 587 g/mol. The number of nitrogens with two attached hydrogens (primary N) is 3. The minimum atomic E-state index is -5.08. The van der Waals surface area contributed by atoms with Gasteiger partial charge in [0.05, 0.1) is 10.8 Å². The molecular formula is C23H25F3N6O7S. The number of nitrogens with one attached hydrogen (secondary N) is 2. The highest BCUT2D eigenvalue weighted by atomic mass is 32.2. The van der Waals surface area contributed by atoms with Crippen molar-refractivity contribution in [3.8, 4) is 0 Å². The van der Waals surface area contributed by atoms with E-state index in [2.05, 4.69) is 14.9 Å². The minimum absolute atomic E-state index is 0.000289. The number of guanidine groups is 1. The van der Waals surface area contributed by atoms with Crippen LogP contribution in [0.1, 0.15) is 23.6 Å². The molecule has 13 nitrogen and oxygen atoms in total. The Balaban J connectivity index is 0.000000708. The number of nitrogens with zero attached hydrogens (tertiary/aromatic N) is 1. The molecule has 3 rings (SSSR count).